The number of carbonyl (C=O) groups excluding carboxylic acids is 1. The molecule has 0 bridgehead atoms. The Balaban J connectivity index is 2.16. The topological polar surface area (TPSA) is 78.9 Å². The van der Waals surface area contributed by atoms with Gasteiger partial charge < -0.3 is 20.1 Å². The summed E-state index contributed by atoms with van der Waals surface area (Å²) >= 11 is 0. The summed E-state index contributed by atoms with van der Waals surface area (Å²) in [6.45, 7) is 5.73. The molecule has 0 spiro atoms. The highest BCUT2D eigenvalue weighted by Crippen LogP contribution is 2.20. The van der Waals surface area contributed by atoms with Gasteiger partial charge in [-0.2, -0.15) is 0 Å². The third-order valence-electron chi connectivity index (χ3n) is 3.45. The van der Waals surface area contributed by atoms with Crippen molar-refractivity contribution in [1.82, 2.24) is 4.90 Å². The Labute approximate surface area is 117 Å². The van der Waals surface area contributed by atoms with Crippen molar-refractivity contribution in [2.45, 2.75) is 13.8 Å². The van der Waals surface area contributed by atoms with Crippen molar-refractivity contribution in [3.05, 3.63) is 28.8 Å². The molecule has 6 nitrogen and oxygen atoms in total. The van der Waals surface area contributed by atoms with Crippen molar-refractivity contribution in [2.24, 2.45) is 0 Å². The highest BCUT2D eigenvalue weighted by atomic mass is 16.5. The zero-order valence-corrected chi connectivity index (χ0v) is 11.6. The number of morpholine rings is 1. The summed E-state index contributed by atoms with van der Waals surface area (Å²) in [5, 5.41) is 11.9. The Bertz CT molecular complexity index is 536. The summed E-state index contributed by atoms with van der Waals surface area (Å²) in [6, 6.07) is 3.04. The molecule has 1 heterocycles. The summed E-state index contributed by atoms with van der Waals surface area (Å²) in [5.74, 6) is -0.993. The number of carbonyl (C=O) groups is 2. The Kier molecular flexibility index (Phi) is 4.24. The lowest BCUT2D eigenvalue weighted by Gasteiger charge is -2.27. The van der Waals surface area contributed by atoms with Gasteiger partial charge in [0.05, 0.1) is 18.8 Å². The molecule has 0 saturated carbocycles. The minimum atomic E-state index is -0.993. The van der Waals surface area contributed by atoms with Gasteiger partial charge in [0.1, 0.15) is 0 Å². The molecule has 1 fully saturated rings. The molecule has 108 valence electrons. The van der Waals surface area contributed by atoms with Crippen LogP contribution in [0.2, 0.25) is 0 Å². The largest absolute Gasteiger partial charge is 0.478 e. The first-order chi connectivity index (χ1) is 9.49. The van der Waals surface area contributed by atoms with E-state index in [1.165, 1.54) is 6.07 Å². The van der Waals surface area contributed by atoms with E-state index in [-0.39, 0.29) is 11.6 Å². The Morgan fingerprint density at radius 3 is 2.50 bits per heavy atom. The number of aryl methyl sites for hydroxylation is 1. The smallest absolute Gasteiger partial charge is 0.336 e. The maximum Gasteiger partial charge on any atom is 0.336 e. The van der Waals surface area contributed by atoms with Gasteiger partial charge in [0, 0.05) is 18.8 Å². The van der Waals surface area contributed by atoms with E-state index in [4.69, 9.17) is 9.84 Å². The van der Waals surface area contributed by atoms with Gasteiger partial charge >= 0.3 is 12.0 Å². The molecule has 20 heavy (non-hydrogen) atoms. The summed E-state index contributed by atoms with van der Waals surface area (Å²) < 4.78 is 5.19. The van der Waals surface area contributed by atoms with Crippen molar-refractivity contribution in [3.8, 4) is 0 Å². The van der Waals surface area contributed by atoms with Gasteiger partial charge in [-0.05, 0) is 37.1 Å². The fraction of sp³-hybridized carbons (Fsp3) is 0.429. The van der Waals surface area contributed by atoms with Crippen molar-refractivity contribution < 1.29 is 19.4 Å². The third kappa shape index (κ3) is 3.08. The second-order valence-electron chi connectivity index (χ2n) is 4.80. The predicted molar refractivity (Wildman–Crippen MR) is 74.3 cm³/mol. The number of ether oxygens (including phenoxy) is 1. The SMILES string of the molecule is Cc1cc(NC(=O)N2CCOCC2)cc(C(=O)O)c1C. The van der Waals surface area contributed by atoms with E-state index < -0.39 is 5.97 Å². The summed E-state index contributed by atoms with van der Waals surface area (Å²) in [6.07, 6.45) is 0. The molecular formula is C14H18N2O4. The molecule has 0 radical (unpaired) electrons. The number of hydrogen-bond donors (Lipinski definition) is 2. The van der Waals surface area contributed by atoms with Crippen LogP contribution in [0.4, 0.5) is 10.5 Å². The van der Waals surface area contributed by atoms with Crippen molar-refractivity contribution >= 4 is 17.7 Å². The molecule has 1 saturated heterocycles. The standard InChI is InChI=1S/C14H18N2O4/c1-9-7-11(8-12(10(9)2)13(17)18)15-14(19)16-3-5-20-6-4-16/h7-8H,3-6H2,1-2H3,(H,15,19)(H,17,18). The summed E-state index contributed by atoms with van der Waals surface area (Å²) in [7, 11) is 0. The Morgan fingerprint density at radius 1 is 1.25 bits per heavy atom. The molecule has 1 aromatic carbocycles. The van der Waals surface area contributed by atoms with E-state index >= 15 is 0 Å². The Morgan fingerprint density at radius 2 is 1.90 bits per heavy atom. The summed E-state index contributed by atoms with van der Waals surface area (Å²) in [5.41, 5.74) is 2.26. The van der Waals surface area contributed by atoms with E-state index in [1.54, 1.807) is 17.9 Å². The van der Waals surface area contributed by atoms with Crippen molar-refractivity contribution in [1.29, 1.82) is 0 Å². The monoisotopic (exact) mass is 278 g/mol. The van der Waals surface area contributed by atoms with E-state index in [0.717, 1.165) is 5.56 Å². The van der Waals surface area contributed by atoms with Crippen LogP contribution in [0.3, 0.4) is 0 Å². The van der Waals surface area contributed by atoms with Gasteiger partial charge in [-0.15, -0.1) is 0 Å². The molecular weight excluding hydrogens is 260 g/mol. The molecule has 2 amide bonds. The first-order valence-electron chi connectivity index (χ1n) is 6.47. The number of carboxylic acid groups (broad SMARTS) is 1. The highest BCUT2D eigenvalue weighted by Gasteiger charge is 2.18. The summed E-state index contributed by atoms with van der Waals surface area (Å²) in [4.78, 5) is 24.9. The van der Waals surface area contributed by atoms with Gasteiger partial charge in [0.25, 0.3) is 0 Å². The molecule has 0 atom stereocenters. The highest BCUT2D eigenvalue weighted by molar-refractivity contribution is 5.94. The second-order valence-corrected chi connectivity index (χ2v) is 4.80. The zero-order valence-electron chi connectivity index (χ0n) is 11.6. The molecule has 0 aliphatic carbocycles. The first-order valence-corrected chi connectivity index (χ1v) is 6.47. The van der Waals surface area contributed by atoms with Crippen LogP contribution in [-0.4, -0.2) is 48.3 Å². The first kappa shape index (κ1) is 14.3. The second kappa shape index (κ2) is 5.92. The maximum atomic E-state index is 12.1. The number of urea groups is 1. The van der Waals surface area contributed by atoms with Gasteiger partial charge in [-0.25, -0.2) is 9.59 Å². The fourth-order valence-corrected chi connectivity index (χ4v) is 2.12. The third-order valence-corrected chi connectivity index (χ3v) is 3.45. The van der Waals surface area contributed by atoms with Gasteiger partial charge in [0.15, 0.2) is 0 Å². The number of anilines is 1. The number of benzene rings is 1. The average Bonchev–Trinajstić information content (AvgIpc) is 2.43. The fourth-order valence-electron chi connectivity index (χ4n) is 2.12. The molecule has 2 rings (SSSR count). The lowest BCUT2D eigenvalue weighted by molar-refractivity contribution is 0.0564. The number of nitrogens with one attached hydrogen (secondary N) is 1. The van der Waals surface area contributed by atoms with Crippen LogP contribution in [0.25, 0.3) is 0 Å². The molecule has 1 aliphatic heterocycles. The van der Waals surface area contributed by atoms with Gasteiger partial charge in [0.2, 0.25) is 0 Å². The predicted octanol–water partition coefficient (Wildman–Crippen LogP) is 1.87. The molecule has 0 aromatic heterocycles. The Hall–Kier alpha value is -2.08. The van der Waals surface area contributed by atoms with Crippen LogP contribution >= 0.6 is 0 Å². The van der Waals surface area contributed by atoms with E-state index in [1.807, 2.05) is 6.92 Å². The lowest BCUT2D eigenvalue weighted by Crippen LogP contribution is -2.43. The molecule has 0 unspecified atom stereocenters. The van der Waals surface area contributed by atoms with Crippen LogP contribution in [0, 0.1) is 13.8 Å². The number of carboxylic acids is 1. The van der Waals surface area contributed by atoms with Crippen LogP contribution in [0.1, 0.15) is 21.5 Å². The molecule has 6 heteroatoms. The minimum absolute atomic E-state index is 0.210. The maximum absolute atomic E-state index is 12.1. The van der Waals surface area contributed by atoms with E-state index in [2.05, 4.69) is 5.32 Å². The van der Waals surface area contributed by atoms with Gasteiger partial charge in [-0.1, -0.05) is 0 Å². The van der Waals surface area contributed by atoms with Crippen molar-refractivity contribution in [2.75, 3.05) is 31.6 Å². The number of hydrogen-bond acceptors (Lipinski definition) is 3. The van der Waals surface area contributed by atoms with E-state index in [9.17, 15) is 9.59 Å². The van der Waals surface area contributed by atoms with Crippen LogP contribution in [-0.2, 0) is 4.74 Å². The average molecular weight is 278 g/mol. The number of rotatable bonds is 2. The minimum Gasteiger partial charge on any atom is -0.478 e. The van der Waals surface area contributed by atoms with Crippen LogP contribution in [0.15, 0.2) is 12.1 Å². The van der Waals surface area contributed by atoms with Gasteiger partial charge in [-0.3, -0.25) is 0 Å². The zero-order chi connectivity index (χ0) is 14.7. The van der Waals surface area contributed by atoms with Crippen LogP contribution < -0.4 is 5.32 Å². The number of nitrogens with zero attached hydrogens (tertiary/aromatic N) is 1. The molecule has 1 aromatic rings. The van der Waals surface area contributed by atoms with Crippen LogP contribution in [0.5, 0.6) is 0 Å². The molecule has 1 aliphatic rings. The normalized spacial score (nSPS) is 15.0. The van der Waals surface area contributed by atoms with Crippen molar-refractivity contribution in [3.63, 3.8) is 0 Å². The van der Waals surface area contributed by atoms with E-state index in [0.29, 0.717) is 37.6 Å². The number of aromatic carboxylic acids is 1. The molecule has 2 N–H and O–H groups in total. The quantitative estimate of drug-likeness (QED) is 0.865. The number of amides is 2. The lowest BCUT2D eigenvalue weighted by atomic mass is 10.0.